The first-order chi connectivity index (χ1) is 9.16. The zero-order valence-electron chi connectivity index (χ0n) is 10.4. The van der Waals surface area contributed by atoms with Crippen LogP contribution in [0.1, 0.15) is 21.5 Å². The summed E-state index contributed by atoms with van der Waals surface area (Å²) in [7, 11) is 0. The standard InChI is InChI=1S/C16H12BrNO/c1-10-8-11(6-7-14(10)17)16(19)13-9-18-15-5-3-2-4-12(13)15/h2-9,18H,1H3. The van der Waals surface area contributed by atoms with Crippen LogP contribution in [0.4, 0.5) is 0 Å². The van der Waals surface area contributed by atoms with Crippen LogP contribution in [0.25, 0.3) is 10.9 Å². The molecule has 1 heterocycles. The highest BCUT2D eigenvalue weighted by Crippen LogP contribution is 2.23. The lowest BCUT2D eigenvalue weighted by atomic mass is 10.0. The van der Waals surface area contributed by atoms with Gasteiger partial charge >= 0.3 is 0 Å². The molecular formula is C16H12BrNO. The summed E-state index contributed by atoms with van der Waals surface area (Å²) >= 11 is 3.45. The van der Waals surface area contributed by atoms with Crippen molar-refractivity contribution < 1.29 is 4.79 Å². The van der Waals surface area contributed by atoms with E-state index in [1.54, 1.807) is 6.20 Å². The van der Waals surface area contributed by atoms with E-state index < -0.39 is 0 Å². The maximum atomic E-state index is 12.5. The van der Waals surface area contributed by atoms with E-state index in [4.69, 9.17) is 0 Å². The third-order valence-corrected chi connectivity index (χ3v) is 4.14. The van der Waals surface area contributed by atoms with Crippen molar-refractivity contribution in [3.63, 3.8) is 0 Å². The fourth-order valence-corrected chi connectivity index (χ4v) is 2.45. The molecule has 0 saturated heterocycles. The second-order valence-electron chi connectivity index (χ2n) is 4.54. The van der Waals surface area contributed by atoms with Crippen LogP contribution < -0.4 is 0 Å². The fraction of sp³-hybridized carbons (Fsp3) is 0.0625. The molecule has 0 aliphatic rings. The number of para-hydroxylation sites is 1. The first kappa shape index (κ1) is 12.2. The second kappa shape index (κ2) is 4.67. The number of H-pyrrole nitrogens is 1. The number of fused-ring (bicyclic) bond motifs is 1. The van der Waals surface area contributed by atoms with Crippen LogP contribution in [0.5, 0.6) is 0 Å². The first-order valence-corrected chi connectivity index (χ1v) is 6.83. The summed E-state index contributed by atoms with van der Waals surface area (Å²) in [5, 5.41) is 0.966. The Morgan fingerprint density at radius 3 is 2.74 bits per heavy atom. The van der Waals surface area contributed by atoms with E-state index in [-0.39, 0.29) is 5.78 Å². The molecule has 0 aliphatic carbocycles. The van der Waals surface area contributed by atoms with Gasteiger partial charge in [-0.3, -0.25) is 4.79 Å². The number of aryl methyl sites for hydroxylation is 1. The van der Waals surface area contributed by atoms with E-state index in [1.807, 2.05) is 49.4 Å². The maximum Gasteiger partial charge on any atom is 0.195 e. The summed E-state index contributed by atoms with van der Waals surface area (Å²) in [5.41, 5.74) is 3.48. The Bertz CT molecular complexity index is 773. The Kier molecular flexibility index (Phi) is 2.99. The fourth-order valence-electron chi connectivity index (χ4n) is 2.20. The lowest BCUT2D eigenvalue weighted by Crippen LogP contribution is -2.00. The van der Waals surface area contributed by atoms with Crippen molar-refractivity contribution in [2.45, 2.75) is 6.92 Å². The van der Waals surface area contributed by atoms with Gasteiger partial charge in [0, 0.05) is 32.7 Å². The summed E-state index contributed by atoms with van der Waals surface area (Å²) < 4.78 is 1.02. The predicted molar refractivity (Wildman–Crippen MR) is 80.6 cm³/mol. The van der Waals surface area contributed by atoms with Gasteiger partial charge in [-0.25, -0.2) is 0 Å². The van der Waals surface area contributed by atoms with Crippen LogP contribution in [0.2, 0.25) is 0 Å². The van der Waals surface area contributed by atoms with Gasteiger partial charge in [0.25, 0.3) is 0 Å². The number of rotatable bonds is 2. The summed E-state index contributed by atoms with van der Waals surface area (Å²) in [5.74, 6) is 0.0491. The van der Waals surface area contributed by atoms with Crippen molar-refractivity contribution in [2.24, 2.45) is 0 Å². The molecule has 0 fully saturated rings. The quantitative estimate of drug-likeness (QED) is 0.696. The van der Waals surface area contributed by atoms with Gasteiger partial charge in [-0.05, 0) is 36.8 Å². The van der Waals surface area contributed by atoms with Crippen LogP contribution in [-0.4, -0.2) is 10.8 Å². The van der Waals surface area contributed by atoms with Gasteiger partial charge in [0.2, 0.25) is 0 Å². The smallest absolute Gasteiger partial charge is 0.195 e. The van der Waals surface area contributed by atoms with E-state index in [0.29, 0.717) is 5.56 Å². The Morgan fingerprint density at radius 1 is 1.16 bits per heavy atom. The molecule has 1 aromatic heterocycles. The van der Waals surface area contributed by atoms with Crippen molar-refractivity contribution >= 4 is 32.6 Å². The van der Waals surface area contributed by atoms with Gasteiger partial charge in [-0.2, -0.15) is 0 Å². The molecule has 0 aliphatic heterocycles. The number of carbonyl (C=O) groups is 1. The highest BCUT2D eigenvalue weighted by atomic mass is 79.9. The Hall–Kier alpha value is -1.87. The average molecular weight is 314 g/mol. The molecule has 0 saturated carbocycles. The second-order valence-corrected chi connectivity index (χ2v) is 5.40. The van der Waals surface area contributed by atoms with E-state index in [9.17, 15) is 4.79 Å². The largest absolute Gasteiger partial charge is 0.360 e. The van der Waals surface area contributed by atoms with E-state index >= 15 is 0 Å². The molecule has 3 heteroatoms. The molecule has 19 heavy (non-hydrogen) atoms. The molecule has 0 atom stereocenters. The van der Waals surface area contributed by atoms with Crippen molar-refractivity contribution in [1.82, 2.24) is 4.98 Å². The van der Waals surface area contributed by atoms with E-state index in [1.165, 1.54) is 0 Å². The molecule has 0 spiro atoms. The molecule has 1 N–H and O–H groups in total. The molecule has 3 aromatic rings. The highest BCUT2D eigenvalue weighted by molar-refractivity contribution is 9.10. The number of aromatic nitrogens is 1. The predicted octanol–water partition coefficient (Wildman–Crippen LogP) is 4.47. The monoisotopic (exact) mass is 313 g/mol. The molecule has 0 radical (unpaired) electrons. The first-order valence-electron chi connectivity index (χ1n) is 6.04. The molecule has 2 nitrogen and oxygen atoms in total. The average Bonchev–Trinajstić information content (AvgIpc) is 2.85. The Balaban J connectivity index is 2.11. The van der Waals surface area contributed by atoms with E-state index in [0.717, 1.165) is 26.5 Å². The minimum absolute atomic E-state index is 0.0491. The van der Waals surface area contributed by atoms with Crippen molar-refractivity contribution in [2.75, 3.05) is 0 Å². The van der Waals surface area contributed by atoms with Gasteiger partial charge in [0.1, 0.15) is 0 Å². The van der Waals surface area contributed by atoms with Gasteiger partial charge in [0.05, 0.1) is 0 Å². The molecular weight excluding hydrogens is 302 g/mol. The maximum absolute atomic E-state index is 12.5. The Morgan fingerprint density at radius 2 is 1.95 bits per heavy atom. The van der Waals surface area contributed by atoms with Gasteiger partial charge in [0.15, 0.2) is 5.78 Å². The number of carbonyl (C=O) groups excluding carboxylic acids is 1. The van der Waals surface area contributed by atoms with Crippen molar-refractivity contribution in [3.8, 4) is 0 Å². The number of halogens is 1. The molecule has 2 aromatic carbocycles. The van der Waals surface area contributed by atoms with Gasteiger partial charge in [-0.15, -0.1) is 0 Å². The third kappa shape index (κ3) is 2.10. The number of hydrogen-bond acceptors (Lipinski definition) is 1. The molecule has 0 unspecified atom stereocenters. The molecule has 0 amide bonds. The zero-order chi connectivity index (χ0) is 13.4. The van der Waals surface area contributed by atoms with Gasteiger partial charge in [-0.1, -0.05) is 34.1 Å². The summed E-state index contributed by atoms with van der Waals surface area (Å²) in [6, 6.07) is 13.5. The van der Waals surface area contributed by atoms with Gasteiger partial charge < -0.3 is 4.98 Å². The lowest BCUT2D eigenvalue weighted by Gasteiger charge is -2.03. The number of nitrogens with one attached hydrogen (secondary N) is 1. The number of aromatic amines is 1. The number of hydrogen-bond donors (Lipinski definition) is 1. The normalized spacial score (nSPS) is 10.8. The SMILES string of the molecule is Cc1cc(C(=O)c2c[nH]c3ccccc23)ccc1Br. The lowest BCUT2D eigenvalue weighted by molar-refractivity contribution is 0.104. The zero-order valence-corrected chi connectivity index (χ0v) is 12.0. The number of ketones is 1. The Labute approximate surface area is 119 Å². The van der Waals surface area contributed by atoms with Crippen molar-refractivity contribution in [1.29, 1.82) is 0 Å². The minimum Gasteiger partial charge on any atom is -0.360 e. The third-order valence-electron chi connectivity index (χ3n) is 3.25. The molecule has 0 bridgehead atoms. The van der Waals surface area contributed by atoms with E-state index in [2.05, 4.69) is 20.9 Å². The van der Waals surface area contributed by atoms with Crippen molar-refractivity contribution in [3.05, 3.63) is 69.8 Å². The van der Waals surface area contributed by atoms with Crippen LogP contribution in [0, 0.1) is 6.92 Å². The summed E-state index contributed by atoms with van der Waals surface area (Å²) in [4.78, 5) is 15.7. The van der Waals surface area contributed by atoms with Crippen LogP contribution in [0.3, 0.4) is 0 Å². The van der Waals surface area contributed by atoms with Crippen LogP contribution in [0.15, 0.2) is 53.1 Å². The summed E-state index contributed by atoms with van der Waals surface area (Å²) in [6.07, 6.45) is 1.78. The molecule has 94 valence electrons. The number of benzene rings is 2. The summed E-state index contributed by atoms with van der Waals surface area (Å²) in [6.45, 7) is 1.98. The van der Waals surface area contributed by atoms with Crippen LogP contribution in [-0.2, 0) is 0 Å². The molecule has 3 rings (SSSR count). The minimum atomic E-state index is 0.0491. The topological polar surface area (TPSA) is 32.9 Å². The van der Waals surface area contributed by atoms with Crippen LogP contribution >= 0.6 is 15.9 Å². The highest BCUT2D eigenvalue weighted by Gasteiger charge is 2.14.